The molecule has 1 aliphatic heterocycles. The molecule has 0 aliphatic carbocycles. The van der Waals surface area contributed by atoms with Crippen LogP contribution < -0.4 is 5.32 Å². The first-order chi connectivity index (χ1) is 3.63. The number of rotatable bonds is 0. The minimum atomic E-state index is -3.12. The molecule has 0 aromatic carbocycles. The average molecular weight is 162 g/mol. The highest BCUT2D eigenvalue weighted by molar-refractivity contribution is 5.85. The molecule has 0 aromatic rings. The van der Waals surface area contributed by atoms with Crippen molar-refractivity contribution in [2.24, 2.45) is 0 Å². The fraction of sp³-hybridized carbons (Fsp3) is 1.00. The lowest BCUT2D eigenvalue weighted by atomic mass is 10.3. The molecular formula is C4H7ClF3N. The van der Waals surface area contributed by atoms with Gasteiger partial charge in [-0.3, -0.25) is 0 Å². The van der Waals surface area contributed by atoms with Crippen LogP contribution in [0.5, 0.6) is 0 Å². The topological polar surface area (TPSA) is 12.0 Å². The van der Waals surface area contributed by atoms with Gasteiger partial charge in [0.05, 0.1) is 6.54 Å². The van der Waals surface area contributed by atoms with Gasteiger partial charge in [-0.15, -0.1) is 12.4 Å². The van der Waals surface area contributed by atoms with Crippen molar-refractivity contribution in [2.45, 2.75) is 12.1 Å². The molecule has 1 aliphatic rings. The van der Waals surface area contributed by atoms with Crippen molar-refractivity contribution >= 4 is 12.4 Å². The van der Waals surface area contributed by atoms with Crippen molar-refractivity contribution in [1.29, 1.82) is 0 Å². The van der Waals surface area contributed by atoms with Crippen molar-refractivity contribution in [2.75, 3.05) is 13.1 Å². The Morgan fingerprint density at radius 2 is 2.00 bits per heavy atom. The molecule has 1 saturated heterocycles. The Hall–Kier alpha value is 0.0400. The van der Waals surface area contributed by atoms with Crippen molar-refractivity contribution in [3.05, 3.63) is 0 Å². The van der Waals surface area contributed by atoms with E-state index in [0.29, 0.717) is 0 Å². The van der Waals surface area contributed by atoms with E-state index in [1.165, 1.54) is 0 Å². The maximum atomic E-state index is 11.9. The van der Waals surface area contributed by atoms with Crippen LogP contribution in [-0.4, -0.2) is 25.2 Å². The molecule has 1 atom stereocenters. The van der Waals surface area contributed by atoms with Gasteiger partial charge in [-0.1, -0.05) is 0 Å². The Balaban J connectivity index is 0.000000640. The van der Waals surface area contributed by atoms with E-state index in [9.17, 15) is 13.2 Å². The largest absolute Gasteiger partial charge is 0.308 e. The van der Waals surface area contributed by atoms with Gasteiger partial charge < -0.3 is 5.32 Å². The van der Waals surface area contributed by atoms with Gasteiger partial charge in [0.1, 0.15) is 0 Å². The molecule has 1 N–H and O–H groups in total. The van der Waals surface area contributed by atoms with Crippen LogP contribution >= 0.6 is 12.4 Å². The van der Waals surface area contributed by atoms with Crippen LogP contribution in [0, 0.1) is 0 Å². The van der Waals surface area contributed by atoms with Crippen LogP contribution in [0.4, 0.5) is 13.2 Å². The quantitative estimate of drug-likeness (QED) is 0.559. The predicted octanol–water partition coefficient (Wildman–Crippen LogP) is 0.985. The average Bonchev–Trinajstić information content (AvgIpc) is 1.86. The lowest BCUT2D eigenvalue weighted by molar-refractivity contribution is -0.0356. The zero-order valence-electron chi connectivity index (χ0n) is 4.53. The number of nitrogens with one attached hydrogen (secondary N) is 1. The Morgan fingerprint density at radius 3 is 2.11 bits per heavy atom. The molecule has 0 radical (unpaired) electrons. The summed E-state index contributed by atoms with van der Waals surface area (Å²) in [5.74, 6) is -3.12. The normalized spacial score (nSPS) is 31.7. The third-order valence-electron chi connectivity index (χ3n) is 1.14. The van der Waals surface area contributed by atoms with E-state index in [0.717, 1.165) is 0 Å². The van der Waals surface area contributed by atoms with E-state index in [4.69, 9.17) is 0 Å². The summed E-state index contributed by atoms with van der Waals surface area (Å²) in [5.41, 5.74) is 0. The van der Waals surface area contributed by atoms with Crippen molar-refractivity contribution < 1.29 is 13.2 Å². The lowest BCUT2D eigenvalue weighted by Gasteiger charge is -2.07. The van der Waals surface area contributed by atoms with E-state index in [-0.39, 0.29) is 19.0 Å². The van der Waals surface area contributed by atoms with E-state index in [1.54, 1.807) is 0 Å². The zero-order chi connectivity index (χ0) is 6.20. The molecule has 1 nitrogen and oxygen atoms in total. The molecule has 0 bridgehead atoms. The van der Waals surface area contributed by atoms with Crippen LogP contribution in [-0.2, 0) is 0 Å². The SMILES string of the molecule is Cl.FC1CNCC1(F)F. The summed E-state index contributed by atoms with van der Waals surface area (Å²) in [6.45, 7) is -0.735. The van der Waals surface area contributed by atoms with Crippen LogP contribution in [0.15, 0.2) is 0 Å². The van der Waals surface area contributed by atoms with E-state index >= 15 is 0 Å². The fourth-order valence-electron chi connectivity index (χ4n) is 0.626. The van der Waals surface area contributed by atoms with Gasteiger partial charge in [-0.25, -0.2) is 13.2 Å². The first-order valence-electron chi connectivity index (χ1n) is 2.35. The third kappa shape index (κ3) is 1.72. The molecular weight excluding hydrogens is 154 g/mol. The van der Waals surface area contributed by atoms with E-state index in [1.807, 2.05) is 0 Å². The van der Waals surface area contributed by atoms with Crippen LogP contribution in [0.1, 0.15) is 0 Å². The van der Waals surface area contributed by atoms with E-state index in [2.05, 4.69) is 5.32 Å². The number of halogens is 4. The Labute approximate surface area is 57.0 Å². The monoisotopic (exact) mass is 161 g/mol. The van der Waals surface area contributed by atoms with Crippen molar-refractivity contribution in [3.8, 4) is 0 Å². The van der Waals surface area contributed by atoms with Crippen LogP contribution in [0.2, 0.25) is 0 Å². The highest BCUT2D eigenvalue weighted by Gasteiger charge is 2.44. The van der Waals surface area contributed by atoms with Gasteiger partial charge in [-0.05, 0) is 0 Å². The van der Waals surface area contributed by atoms with Crippen molar-refractivity contribution in [3.63, 3.8) is 0 Å². The maximum Gasteiger partial charge on any atom is 0.292 e. The van der Waals surface area contributed by atoms with Gasteiger partial charge in [0.2, 0.25) is 0 Å². The second-order valence-electron chi connectivity index (χ2n) is 1.86. The molecule has 5 heteroatoms. The Kier molecular flexibility index (Phi) is 2.76. The van der Waals surface area contributed by atoms with E-state index < -0.39 is 18.6 Å². The second-order valence-corrected chi connectivity index (χ2v) is 1.86. The molecule has 1 heterocycles. The summed E-state index contributed by atoms with van der Waals surface area (Å²) < 4.78 is 35.7. The summed E-state index contributed by atoms with van der Waals surface area (Å²) in [5, 5.41) is 2.24. The minimum absolute atomic E-state index is 0. The third-order valence-corrected chi connectivity index (χ3v) is 1.14. The maximum absolute atomic E-state index is 11.9. The van der Waals surface area contributed by atoms with Gasteiger partial charge in [0.15, 0.2) is 6.17 Å². The summed E-state index contributed by atoms with van der Waals surface area (Å²) in [4.78, 5) is 0. The van der Waals surface area contributed by atoms with Gasteiger partial charge in [-0.2, -0.15) is 0 Å². The van der Waals surface area contributed by atoms with Gasteiger partial charge >= 0.3 is 0 Å². The predicted molar refractivity (Wildman–Crippen MR) is 30.0 cm³/mol. The second kappa shape index (κ2) is 2.75. The Morgan fingerprint density at radius 1 is 1.44 bits per heavy atom. The molecule has 9 heavy (non-hydrogen) atoms. The standard InChI is InChI=1S/C4H6F3N.ClH/c5-3-1-8-2-4(3,6)7;/h3,8H,1-2H2;1H. The minimum Gasteiger partial charge on any atom is -0.308 e. The fourth-order valence-corrected chi connectivity index (χ4v) is 0.626. The lowest BCUT2D eigenvalue weighted by Crippen LogP contribution is -2.27. The molecule has 1 unspecified atom stereocenters. The highest BCUT2D eigenvalue weighted by Crippen LogP contribution is 2.23. The molecule has 0 amide bonds. The molecule has 1 fully saturated rings. The highest BCUT2D eigenvalue weighted by atomic mass is 35.5. The summed E-state index contributed by atoms with van der Waals surface area (Å²) >= 11 is 0. The first-order valence-corrected chi connectivity index (χ1v) is 2.35. The smallest absolute Gasteiger partial charge is 0.292 e. The van der Waals surface area contributed by atoms with Crippen molar-refractivity contribution in [1.82, 2.24) is 5.32 Å². The zero-order valence-corrected chi connectivity index (χ0v) is 5.35. The summed E-state index contributed by atoms with van der Waals surface area (Å²) in [7, 11) is 0. The number of alkyl halides is 3. The Bertz CT molecular complexity index is 97.8. The van der Waals surface area contributed by atoms with Gasteiger partial charge in [0, 0.05) is 6.54 Å². The molecule has 56 valence electrons. The molecule has 0 spiro atoms. The van der Waals surface area contributed by atoms with Crippen LogP contribution in [0.3, 0.4) is 0 Å². The van der Waals surface area contributed by atoms with Crippen LogP contribution in [0.25, 0.3) is 0 Å². The summed E-state index contributed by atoms with van der Waals surface area (Å²) in [6.07, 6.45) is -1.98. The molecule has 1 rings (SSSR count). The molecule has 0 aromatic heterocycles. The first kappa shape index (κ1) is 9.04. The van der Waals surface area contributed by atoms with Gasteiger partial charge in [0.25, 0.3) is 5.92 Å². The number of hydrogen-bond donors (Lipinski definition) is 1. The molecule has 0 saturated carbocycles. The summed E-state index contributed by atoms with van der Waals surface area (Å²) in [6, 6.07) is 0. The number of hydrogen-bond acceptors (Lipinski definition) is 1.